The van der Waals surface area contributed by atoms with Gasteiger partial charge in [-0.2, -0.15) is 0 Å². The lowest BCUT2D eigenvalue weighted by Gasteiger charge is -2.34. The zero-order valence-corrected chi connectivity index (χ0v) is 19.1. The van der Waals surface area contributed by atoms with E-state index in [1.54, 1.807) is 18.2 Å². The molecule has 0 radical (unpaired) electrons. The van der Waals surface area contributed by atoms with Crippen LogP contribution in [0.4, 0.5) is 5.69 Å². The number of hydrogen-bond acceptors (Lipinski definition) is 5. The first kappa shape index (κ1) is 22.7. The highest BCUT2D eigenvalue weighted by Crippen LogP contribution is 2.18. The van der Waals surface area contributed by atoms with E-state index in [4.69, 9.17) is 0 Å². The number of nitrogens with one attached hydrogen (secondary N) is 2. The fraction of sp³-hybridized carbons (Fsp3) is 0.360. The molecule has 1 aliphatic rings. The van der Waals surface area contributed by atoms with Crippen LogP contribution in [-0.4, -0.2) is 64.3 Å². The van der Waals surface area contributed by atoms with Crippen molar-refractivity contribution in [3.63, 3.8) is 0 Å². The van der Waals surface area contributed by atoms with Crippen molar-refractivity contribution >= 4 is 28.4 Å². The lowest BCUT2D eigenvalue weighted by atomic mass is 10.1. The average Bonchev–Trinajstić information content (AvgIpc) is 2.81. The molecule has 0 saturated carbocycles. The third kappa shape index (κ3) is 5.46. The average molecular weight is 448 g/mol. The molecule has 0 bridgehead atoms. The number of carbonyl (C=O) groups excluding carboxylic acids is 2. The number of nitrogens with zero attached hydrogens (tertiary/aromatic N) is 3. The van der Waals surface area contributed by atoms with E-state index >= 15 is 0 Å². The first-order valence-electron chi connectivity index (χ1n) is 11.2. The molecule has 33 heavy (non-hydrogen) atoms. The number of piperazine rings is 1. The normalized spacial score (nSPS) is 14.4. The number of hydrogen-bond donors (Lipinski definition) is 2. The summed E-state index contributed by atoms with van der Waals surface area (Å²) in [5, 5.41) is 3.54. The summed E-state index contributed by atoms with van der Waals surface area (Å²) in [5.41, 5.74) is 3.51. The van der Waals surface area contributed by atoms with Crippen LogP contribution in [0.5, 0.6) is 0 Å². The van der Waals surface area contributed by atoms with Crippen LogP contribution in [0, 0.1) is 13.8 Å². The summed E-state index contributed by atoms with van der Waals surface area (Å²) in [7, 11) is 0. The van der Waals surface area contributed by atoms with E-state index < -0.39 is 0 Å². The van der Waals surface area contributed by atoms with Gasteiger partial charge in [0, 0.05) is 44.7 Å². The van der Waals surface area contributed by atoms with Crippen molar-refractivity contribution in [1.82, 2.24) is 19.8 Å². The number of aromatic amines is 1. The highest BCUT2D eigenvalue weighted by atomic mass is 16.2. The number of anilines is 1. The molecule has 0 aliphatic carbocycles. The maximum absolute atomic E-state index is 12.7. The predicted molar refractivity (Wildman–Crippen MR) is 128 cm³/mol. The number of fused-ring (bicyclic) bond motifs is 1. The minimum atomic E-state index is -0.184. The largest absolute Gasteiger partial charge is 0.340 e. The number of carbonyl (C=O) groups is 2. The van der Waals surface area contributed by atoms with Gasteiger partial charge in [-0.1, -0.05) is 24.3 Å². The molecule has 0 unspecified atom stereocenters. The van der Waals surface area contributed by atoms with Gasteiger partial charge in [0.15, 0.2) is 0 Å². The van der Waals surface area contributed by atoms with Crippen LogP contribution in [-0.2, 0) is 16.0 Å². The molecule has 2 N–H and O–H groups in total. The van der Waals surface area contributed by atoms with Crippen LogP contribution >= 0.6 is 0 Å². The highest BCUT2D eigenvalue weighted by Gasteiger charge is 2.22. The minimum absolute atomic E-state index is 0.0327. The van der Waals surface area contributed by atoms with Gasteiger partial charge >= 0.3 is 0 Å². The van der Waals surface area contributed by atoms with E-state index in [1.165, 1.54) is 0 Å². The fourth-order valence-corrected chi connectivity index (χ4v) is 4.07. The molecule has 2 aromatic carbocycles. The molecule has 1 fully saturated rings. The van der Waals surface area contributed by atoms with Crippen molar-refractivity contribution in [2.45, 2.75) is 26.7 Å². The highest BCUT2D eigenvalue weighted by molar-refractivity contribution is 5.93. The molecule has 1 saturated heterocycles. The predicted octanol–water partition coefficient (Wildman–Crippen LogP) is 2.26. The van der Waals surface area contributed by atoms with Gasteiger partial charge < -0.3 is 15.2 Å². The lowest BCUT2D eigenvalue weighted by molar-refractivity contribution is -0.133. The number of para-hydroxylation sites is 1. The Kier molecular flexibility index (Phi) is 6.84. The molecule has 2 heterocycles. The van der Waals surface area contributed by atoms with Gasteiger partial charge in [0.2, 0.25) is 11.8 Å². The Bertz CT molecular complexity index is 1230. The third-order valence-corrected chi connectivity index (χ3v) is 6.21. The summed E-state index contributed by atoms with van der Waals surface area (Å²) in [4.78, 5) is 48.4. The standard InChI is InChI=1S/C25H29N5O3/c1-17-6-5-9-20(18(17)2)27-23(31)16-29-12-14-30(15-13-29)24(32)11-10-22-26-21-8-4-3-7-19(21)25(33)28-22/h3-9H,10-16H2,1-2H3,(H,27,31)(H,26,28,33). The zero-order chi connectivity index (χ0) is 23.4. The molecule has 3 aromatic rings. The van der Waals surface area contributed by atoms with Gasteiger partial charge in [0.25, 0.3) is 5.56 Å². The van der Waals surface area contributed by atoms with Gasteiger partial charge in [-0.3, -0.25) is 19.3 Å². The van der Waals surface area contributed by atoms with Gasteiger partial charge in [0.1, 0.15) is 5.82 Å². The Morgan fingerprint density at radius 1 is 1.03 bits per heavy atom. The van der Waals surface area contributed by atoms with Crippen molar-refractivity contribution in [2.75, 3.05) is 38.0 Å². The van der Waals surface area contributed by atoms with Crippen LogP contribution < -0.4 is 10.9 Å². The molecule has 1 aliphatic heterocycles. The van der Waals surface area contributed by atoms with Crippen molar-refractivity contribution in [3.8, 4) is 0 Å². The monoisotopic (exact) mass is 447 g/mol. The van der Waals surface area contributed by atoms with Gasteiger partial charge in [-0.25, -0.2) is 4.98 Å². The number of benzene rings is 2. The number of H-pyrrole nitrogens is 1. The first-order valence-corrected chi connectivity index (χ1v) is 11.2. The Morgan fingerprint density at radius 3 is 2.58 bits per heavy atom. The zero-order valence-electron chi connectivity index (χ0n) is 19.1. The van der Waals surface area contributed by atoms with Crippen molar-refractivity contribution in [2.24, 2.45) is 0 Å². The molecule has 2 amide bonds. The topological polar surface area (TPSA) is 98.4 Å². The minimum Gasteiger partial charge on any atom is -0.340 e. The summed E-state index contributed by atoms with van der Waals surface area (Å²) in [6, 6.07) is 13.0. The molecule has 0 atom stereocenters. The van der Waals surface area contributed by atoms with Crippen LogP contribution in [0.3, 0.4) is 0 Å². The van der Waals surface area contributed by atoms with Gasteiger partial charge in [0.05, 0.1) is 17.4 Å². The van der Waals surface area contributed by atoms with Crippen molar-refractivity contribution < 1.29 is 9.59 Å². The van der Waals surface area contributed by atoms with Crippen LogP contribution in [0.25, 0.3) is 10.9 Å². The van der Waals surface area contributed by atoms with Crippen LogP contribution in [0.1, 0.15) is 23.4 Å². The number of aryl methyl sites for hydroxylation is 2. The molecule has 172 valence electrons. The lowest BCUT2D eigenvalue weighted by Crippen LogP contribution is -2.50. The Balaban J connectivity index is 1.25. The summed E-state index contributed by atoms with van der Waals surface area (Å²) in [6.45, 7) is 6.79. The first-order chi connectivity index (χ1) is 15.9. The van der Waals surface area contributed by atoms with Gasteiger partial charge in [-0.15, -0.1) is 0 Å². The molecule has 1 aromatic heterocycles. The molecule has 8 heteroatoms. The Labute approximate surface area is 192 Å². The van der Waals surface area contributed by atoms with E-state index in [0.29, 0.717) is 55.9 Å². The number of rotatable bonds is 6. The summed E-state index contributed by atoms with van der Waals surface area (Å²) >= 11 is 0. The summed E-state index contributed by atoms with van der Waals surface area (Å²) < 4.78 is 0. The maximum Gasteiger partial charge on any atom is 0.258 e. The Morgan fingerprint density at radius 2 is 1.79 bits per heavy atom. The van der Waals surface area contributed by atoms with E-state index in [2.05, 4.69) is 20.2 Å². The van der Waals surface area contributed by atoms with Gasteiger partial charge in [-0.05, 0) is 43.2 Å². The smallest absolute Gasteiger partial charge is 0.258 e. The Hall–Kier alpha value is -3.52. The van der Waals surface area contributed by atoms with E-state index in [1.807, 2.05) is 43.0 Å². The van der Waals surface area contributed by atoms with Crippen LogP contribution in [0.2, 0.25) is 0 Å². The molecular formula is C25H29N5O3. The second-order valence-corrected chi connectivity index (χ2v) is 8.48. The number of aromatic nitrogens is 2. The molecular weight excluding hydrogens is 418 g/mol. The third-order valence-electron chi connectivity index (χ3n) is 6.21. The quantitative estimate of drug-likeness (QED) is 0.604. The second kappa shape index (κ2) is 9.95. The van der Waals surface area contributed by atoms with Crippen LogP contribution in [0.15, 0.2) is 47.3 Å². The summed E-state index contributed by atoms with van der Waals surface area (Å²) in [6.07, 6.45) is 0.672. The molecule has 4 rings (SSSR count). The van der Waals surface area contributed by atoms with E-state index in [0.717, 1.165) is 16.8 Å². The number of amides is 2. The maximum atomic E-state index is 12.7. The molecule has 0 spiro atoms. The van der Waals surface area contributed by atoms with Crippen molar-refractivity contribution in [1.29, 1.82) is 0 Å². The van der Waals surface area contributed by atoms with E-state index in [-0.39, 0.29) is 23.8 Å². The summed E-state index contributed by atoms with van der Waals surface area (Å²) in [5.74, 6) is 0.508. The molecule has 8 nitrogen and oxygen atoms in total. The fourth-order valence-electron chi connectivity index (χ4n) is 4.07. The second-order valence-electron chi connectivity index (χ2n) is 8.48. The SMILES string of the molecule is Cc1cccc(NC(=O)CN2CCN(C(=O)CCc3nc4ccccc4c(=O)[nH]3)CC2)c1C. The van der Waals surface area contributed by atoms with E-state index in [9.17, 15) is 14.4 Å². The van der Waals surface area contributed by atoms with Crippen molar-refractivity contribution in [3.05, 3.63) is 69.8 Å².